The van der Waals surface area contributed by atoms with Gasteiger partial charge in [-0.2, -0.15) is 0 Å². The molecule has 0 N–H and O–H groups in total. The smallest absolute Gasteiger partial charge is 0.328 e. The van der Waals surface area contributed by atoms with Crippen molar-refractivity contribution in [3.05, 3.63) is 40.7 Å². The van der Waals surface area contributed by atoms with Crippen molar-refractivity contribution >= 4 is 16.9 Å². The summed E-state index contributed by atoms with van der Waals surface area (Å²) in [5, 5.41) is 0.548. The van der Waals surface area contributed by atoms with Crippen molar-refractivity contribution < 1.29 is 14.3 Å². The first-order valence-corrected chi connectivity index (χ1v) is 6.44. The average molecular weight is 275 g/mol. The van der Waals surface area contributed by atoms with Crippen LogP contribution in [0.15, 0.2) is 35.3 Å². The van der Waals surface area contributed by atoms with Gasteiger partial charge in [-0.25, -0.2) is 4.79 Å². The summed E-state index contributed by atoms with van der Waals surface area (Å²) in [6.45, 7) is 4.15. The Balaban J connectivity index is 2.65. The highest BCUT2D eigenvalue weighted by molar-refractivity contribution is 5.83. The number of hydrogen-bond acceptors (Lipinski definition) is 4. The quantitative estimate of drug-likeness (QED) is 0.802. The molecule has 0 bridgehead atoms. The van der Waals surface area contributed by atoms with Crippen LogP contribution < -0.4 is 10.2 Å². The van der Waals surface area contributed by atoms with Crippen molar-refractivity contribution in [1.82, 2.24) is 4.57 Å². The van der Waals surface area contributed by atoms with Crippen LogP contribution in [0.3, 0.4) is 0 Å². The number of carbonyl (C=O) groups is 1. The Bertz CT molecular complexity index is 690. The number of fused-ring (bicyclic) bond motifs is 1. The van der Waals surface area contributed by atoms with Gasteiger partial charge in [0.15, 0.2) is 5.43 Å². The van der Waals surface area contributed by atoms with Crippen LogP contribution in [0.5, 0.6) is 5.75 Å². The molecule has 106 valence electrons. The van der Waals surface area contributed by atoms with Gasteiger partial charge in [-0.3, -0.25) is 4.79 Å². The van der Waals surface area contributed by atoms with Crippen molar-refractivity contribution in [2.75, 3.05) is 13.7 Å². The van der Waals surface area contributed by atoms with Crippen LogP contribution in [-0.4, -0.2) is 24.3 Å². The maximum atomic E-state index is 11.9. The van der Waals surface area contributed by atoms with Gasteiger partial charge in [0, 0.05) is 23.7 Å². The van der Waals surface area contributed by atoms with Gasteiger partial charge in [0.1, 0.15) is 11.8 Å². The molecule has 0 spiro atoms. The molecular weight excluding hydrogens is 258 g/mol. The van der Waals surface area contributed by atoms with E-state index in [0.717, 1.165) is 0 Å². The van der Waals surface area contributed by atoms with E-state index in [0.29, 0.717) is 23.3 Å². The van der Waals surface area contributed by atoms with Gasteiger partial charge < -0.3 is 14.0 Å². The molecule has 1 atom stereocenters. The summed E-state index contributed by atoms with van der Waals surface area (Å²) >= 11 is 0. The fourth-order valence-electron chi connectivity index (χ4n) is 2.13. The molecule has 0 saturated carbocycles. The van der Waals surface area contributed by atoms with E-state index in [2.05, 4.69) is 0 Å². The summed E-state index contributed by atoms with van der Waals surface area (Å²) in [5.74, 6) is 0.299. The molecule has 1 aromatic carbocycles. The molecule has 5 heteroatoms. The molecule has 2 rings (SSSR count). The Morgan fingerprint density at radius 1 is 1.35 bits per heavy atom. The normalized spacial score (nSPS) is 12.2. The maximum Gasteiger partial charge on any atom is 0.328 e. The predicted molar refractivity (Wildman–Crippen MR) is 76.1 cm³/mol. The number of pyridine rings is 1. The zero-order valence-electron chi connectivity index (χ0n) is 11.8. The predicted octanol–water partition coefficient (Wildman–Crippen LogP) is 2.13. The standard InChI is InChI=1S/C15H17NO4/c1-4-20-11-5-6-12-13(9-11)16(8-7-14(12)17)10(2)15(18)19-3/h5-10H,4H2,1-3H3. The Morgan fingerprint density at radius 2 is 2.10 bits per heavy atom. The molecule has 0 fully saturated rings. The fraction of sp³-hybridized carbons (Fsp3) is 0.333. The lowest BCUT2D eigenvalue weighted by Crippen LogP contribution is -2.20. The number of carbonyl (C=O) groups excluding carboxylic acids is 1. The molecule has 0 aliphatic heterocycles. The van der Waals surface area contributed by atoms with Crippen LogP contribution in [0.2, 0.25) is 0 Å². The van der Waals surface area contributed by atoms with Crippen molar-refractivity contribution in [1.29, 1.82) is 0 Å². The first-order valence-electron chi connectivity index (χ1n) is 6.44. The van der Waals surface area contributed by atoms with Crippen LogP contribution in [0.4, 0.5) is 0 Å². The maximum absolute atomic E-state index is 11.9. The van der Waals surface area contributed by atoms with Gasteiger partial charge in [0.05, 0.1) is 19.2 Å². The van der Waals surface area contributed by atoms with E-state index in [-0.39, 0.29) is 11.4 Å². The molecule has 0 amide bonds. The largest absolute Gasteiger partial charge is 0.494 e. The van der Waals surface area contributed by atoms with Gasteiger partial charge >= 0.3 is 5.97 Å². The van der Waals surface area contributed by atoms with Crippen molar-refractivity contribution in [2.24, 2.45) is 0 Å². The lowest BCUT2D eigenvalue weighted by molar-refractivity contribution is -0.143. The number of ether oxygens (including phenoxy) is 2. The molecule has 0 saturated heterocycles. The summed E-state index contributed by atoms with van der Waals surface area (Å²) in [6, 6.07) is 6.16. The summed E-state index contributed by atoms with van der Waals surface area (Å²) in [6.07, 6.45) is 1.60. The minimum absolute atomic E-state index is 0.0867. The molecule has 0 aliphatic carbocycles. The van der Waals surface area contributed by atoms with Crippen LogP contribution in [0, 0.1) is 0 Å². The summed E-state index contributed by atoms with van der Waals surface area (Å²) in [5.41, 5.74) is 0.567. The van der Waals surface area contributed by atoms with Crippen molar-refractivity contribution in [2.45, 2.75) is 19.9 Å². The van der Waals surface area contributed by atoms with Gasteiger partial charge in [-0.15, -0.1) is 0 Å². The van der Waals surface area contributed by atoms with E-state index in [1.165, 1.54) is 13.2 Å². The van der Waals surface area contributed by atoms with Gasteiger partial charge in [0.25, 0.3) is 0 Å². The SMILES string of the molecule is CCOc1ccc2c(=O)ccn(C(C)C(=O)OC)c2c1. The summed E-state index contributed by atoms with van der Waals surface area (Å²) < 4.78 is 11.9. The summed E-state index contributed by atoms with van der Waals surface area (Å²) in [4.78, 5) is 23.6. The number of benzene rings is 1. The molecular formula is C15H17NO4. The lowest BCUT2D eigenvalue weighted by Gasteiger charge is -2.17. The Kier molecular flexibility index (Phi) is 4.08. The summed E-state index contributed by atoms with van der Waals surface area (Å²) in [7, 11) is 1.34. The number of rotatable bonds is 4. The monoisotopic (exact) mass is 275 g/mol. The minimum atomic E-state index is -0.514. The minimum Gasteiger partial charge on any atom is -0.494 e. The van der Waals surface area contributed by atoms with Crippen LogP contribution in [0.1, 0.15) is 19.9 Å². The third-order valence-corrected chi connectivity index (χ3v) is 3.17. The molecule has 1 unspecified atom stereocenters. The zero-order valence-corrected chi connectivity index (χ0v) is 11.8. The first kappa shape index (κ1) is 14.1. The van der Waals surface area contributed by atoms with Gasteiger partial charge in [-0.1, -0.05) is 0 Å². The number of aromatic nitrogens is 1. The molecule has 2 aromatic rings. The molecule has 0 radical (unpaired) electrons. The van der Waals surface area contributed by atoms with E-state index in [9.17, 15) is 9.59 Å². The first-order chi connectivity index (χ1) is 9.58. The third kappa shape index (κ3) is 2.52. The topological polar surface area (TPSA) is 57.5 Å². The Hall–Kier alpha value is -2.30. The second-order valence-corrected chi connectivity index (χ2v) is 4.40. The number of esters is 1. The third-order valence-electron chi connectivity index (χ3n) is 3.17. The Labute approximate surface area is 116 Å². The van der Waals surface area contributed by atoms with Crippen molar-refractivity contribution in [3.8, 4) is 5.75 Å². The van der Waals surface area contributed by atoms with E-state index in [1.54, 1.807) is 35.9 Å². The molecule has 5 nitrogen and oxygen atoms in total. The molecule has 0 aliphatic rings. The fourth-order valence-corrected chi connectivity index (χ4v) is 2.13. The lowest BCUT2D eigenvalue weighted by atomic mass is 10.1. The Morgan fingerprint density at radius 3 is 2.75 bits per heavy atom. The molecule has 20 heavy (non-hydrogen) atoms. The van der Waals surface area contributed by atoms with E-state index in [4.69, 9.17) is 9.47 Å². The highest BCUT2D eigenvalue weighted by Gasteiger charge is 2.17. The zero-order chi connectivity index (χ0) is 14.7. The van der Waals surface area contributed by atoms with Crippen LogP contribution >= 0.6 is 0 Å². The van der Waals surface area contributed by atoms with Crippen LogP contribution in [-0.2, 0) is 9.53 Å². The van der Waals surface area contributed by atoms with E-state index in [1.807, 2.05) is 6.92 Å². The average Bonchev–Trinajstić information content (AvgIpc) is 2.46. The van der Waals surface area contributed by atoms with Crippen molar-refractivity contribution in [3.63, 3.8) is 0 Å². The van der Waals surface area contributed by atoms with E-state index >= 15 is 0 Å². The molecule has 1 aromatic heterocycles. The number of methoxy groups -OCH3 is 1. The highest BCUT2D eigenvalue weighted by Crippen LogP contribution is 2.22. The highest BCUT2D eigenvalue weighted by atomic mass is 16.5. The van der Waals surface area contributed by atoms with Gasteiger partial charge in [-0.05, 0) is 26.0 Å². The number of hydrogen-bond donors (Lipinski definition) is 0. The number of nitrogens with zero attached hydrogens (tertiary/aromatic N) is 1. The van der Waals surface area contributed by atoms with Gasteiger partial charge in [0.2, 0.25) is 0 Å². The second kappa shape index (κ2) is 5.77. The second-order valence-electron chi connectivity index (χ2n) is 4.40. The molecule has 1 heterocycles. The van der Waals surface area contributed by atoms with Crippen LogP contribution in [0.25, 0.3) is 10.9 Å². The van der Waals surface area contributed by atoms with E-state index < -0.39 is 6.04 Å².